The van der Waals surface area contributed by atoms with Gasteiger partial charge in [-0.25, -0.2) is 8.42 Å². The minimum absolute atomic E-state index is 0.297. The number of nitrogens with zero attached hydrogens (tertiary/aromatic N) is 1. The molecule has 0 aliphatic carbocycles. The first-order valence-electron chi connectivity index (χ1n) is 8.84. The third-order valence-electron chi connectivity index (χ3n) is 4.22. The number of guanidine groups is 1. The van der Waals surface area contributed by atoms with E-state index in [1.165, 1.54) is 6.26 Å². The molecule has 0 aliphatic rings. The van der Waals surface area contributed by atoms with Crippen molar-refractivity contribution in [1.29, 1.82) is 0 Å². The molecule has 0 amide bonds. The SMILES string of the molecule is CN=C(NCc1ccc(S(C)(=O)=O)cc1)NCc1cc(OC)c(OC)c(OC)c1. The summed E-state index contributed by atoms with van der Waals surface area (Å²) in [6, 6.07) is 10.5. The van der Waals surface area contributed by atoms with Gasteiger partial charge in [0.2, 0.25) is 5.75 Å². The number of hydrogen-bond donors (Lipinski definition) is 2. The largest absolute Gasteiger partial charge is 0.493 e. The van der Waals surface area contributed by atoms with Crippen molar-refractivity contribution in [3.63, 3.8) is 0 Å². The number of hydrogen-bond acceptors (Lipinski definition) is 6. The molecule has 29 heavy (non-hydrogen) atoms. The van der Waals surface area contributed by atoms with Crippen LogP contribution in [0.3, 0.4) is 0 Å². The summed E-state index contributed by atoms with van der Waals surface area (Å²) in [4.78, 5) is 4.50. The van der Waals surface area contributed by atoms with E-state index in [4.69, 9.17) is 14.2 Å². The van der Waals surface area contributed by atoms with Crippen molar-refractivity contribution < 1.29 is 22.6 Å². The van der Waals surface area contributed by atoms with Gasteiger partial charge in [0.25, 0.3) is 0 Å². The Morgan fingerprint density at radius 1 is 0.897 bits per heavy atom. The molecule has 8 nitrogen and oxygen atoms in total. The van der Waals surface area contributed by atoms with Crippen LogP contribution in [0.15, 0.2) is 46.3 Å². The highest BCUT2D eigenvalue weighted by atomic mass is 32.2. The highest BCUT2D eigenvalue weighted by molar-refractivity contribution is 7.90. The molecule has 158 valence electrons. The lowest BCUT2D eigenvalue weighted by atomic mass is 10.2. The molecule has 0 fully saturated rings. The number of methoxy groups -OCH3 is 3. The Morgan fingerprint density at radius 3 is 1.83 bits per heavy atom. The van der Waals surface area contributed by atoms with Gasteiger partial charge >= 0.3 is 0 Å². The van der Waals surface area contributed by atoms with E-state index in [1.54, 1.807) is 52.6 Å². The van der Waals surface area contributed by atoms with E-state index in [1.807, 2.05) is 12.1 Å². The van der Waals surface area contributed by atoms with Crippen LogP contribution in [0.5, 0.6) is 17.2 Å². The molecule has 9 heteroatoms. The highest BCUT2D eigenvalue weighted by Crippen LogP contribution is 2.38. The summed E-state index contributed by atoms with van der Waals surface area (Å²) in [5, 5.41) is 6.42. The van der Waals surface area contributed by atoms with Gasteiger partial charge in [-0.15, -0.1) is 0 Å². The van der Waals surface area contributed by atoms with Gasteiger partial charge in [-0.05, 0) is 35.4 Å². The zero-order chi connectivity index (χ0) is 21.4. The number of nitrogens with one attached hydrogen (secondary N) is 2. The van der Waals surface area contributed by atoms with Crippen molar-refractivity contribution in [2.24, 2.45) is 4.99 Å². The van der Waals surface area contributed by atoms with Crippen LogP contribution in [0.25, 0.3) is 0 Å². The van der Waals surface area contributed by atoms with Crippen molar-refractivity contribution >= 4 is 15.8 Å². The molecule has 2 N–H and O–H groups in total. The summed E-state index contributed by atoms with van der Waals surface area (Å²) in [6.07, 6.45) is 1.19. The molecule has 0 atom stereocenters. The standard InChI is InChI=1S/C20H27N3O5S/c1-21-20(22-12-14-6-8-16(9-7-14)29(5,24)25)23-13-15-10-17(26-2)19(28-4)18(11-15)27-3/h6-11H,12-13H2,1-5H3,(H2,21,22,23). The van der Waals surface area contributed by atoms with Crippen LogP contribution in [0.1, 0.15) is 11.1 Å². The summed E-state index contributed by atoms with van der Waals surface area (Å²) in [5.41, 5.74) is 1.87. The zero-order valence-electron chi connectivity index (χ0n) is 17.3. The topological polar surface area (TPSA) is 98.3 Å². The predicted molar refractivity (Wildman–Crippen MR) is 113 cm³/mol. The smallest absolute Gasteiger partial charge is 0.203 e. The van der Waals surface area contributed by atoms with Crippen LogP contribution < -0.4 is 24.8 Å². The second-order valence-electron chi connectivity index (χ2n) is 6.23. The lowest BCUT2D eigenvalue weighted by Crippen LogP contribution is -2.36. The van der Waals surface area contributed by atoms with Gasteiger partial charge in [-0.3, -0.25) is 4.99 Å². The Bertz CT molecular complexity index is 932. The van der Waals surface area contributed by atoms with E-state index in [0.29, 0.717) is 41.2 Å². The second-order valence-corrected chi connectivity index (χ2v) is 8.24. The zero-order valence-corrected chi connectivity index (χ0v) is 18.1. The van der Waals surface area contributed by atoms with Gasteiger partial charge in [-0.1, -0.05) is 12.1 Å². The van der Waals surface area contributed by atoms with Crippen LogP contribution in [-0.4, -0.2) is 49.0 Å². The quantitative estimate of drug-likeness (QED) is 0.497. The summed E-state index contributed by atoms with van der Waals surface area (Å²) in [7, 11) is 3.19. The molecule has 0 heterocycles. The third-order valence-corrected chi connectivity index (χ3v) is 5.35. The maximum atomic E-state index is 11.5. The average Bonchev–Trinajstić information content (AvgIpc) is 2.72. The van der Waals surface area contributed by atoms with Gasteiger partial charge in [0.05, 0.1) is 26.2 Å². The Labute approximate surface area is 171 Å². The molecular formula is C20H27N3O5S. The maximum Gasteiger partial charge on any atom is 0.203 e. The number of rotatable bonds is 8. The molecule has 0 spiro atoms. The Morgan fingerprint density at radius 2 is 1.41 bits per heavy atom. The molecule has 0 radical (unpaired) electrons. The molecule has 0 bridgehead atoms. The Balaban J connectivity index is 2.01. The Kier molecular flexibility index (Phi) is 7.72. The van der Waals surface area contributed by atoms with Gasteiger partial charge in [0.1, 0.15) is 0 Å². The van der Waals surface area contributed by atoms with E-state index in [-0.39, 0.29) is 0 Å². The van der Waals surface area contributed by atoms with Crippen LogP contribution in [0.2, 0.25) is 0 Å². The lowest BCUT2D eigenvalue weighted by Gasteiger charge is -2.16. The third kappa shape index (κ3) is 6.02. The molecule has 0 saturated carbocycles. The minimum atomic E-state index is -3.20. The molecule has 0 aromatic heterocycles. The lowest BCUT2D eigenvalue weighted by molar-refractivity contribution is 0.323. The fourth-order valence-corrected chi connectivity index (χ4v) is 3.31. The highest BCUT2D eigenvalue weighted by Gasteiger charge is 2.13. The minimum Gasteiger partial charge on any atom is -0.493 e. The molecule has 2 rings (SSSR count). The van der Waals surface area contributed by atoms with Gasteiger partial charge in [0, 0.05) is 26.4 Å². The summed E-state index contributed by atoms with van der Waals surface area (Å²) in [6.45, 7) is 0.988. The van der Waals surface area contributed by atoms with Gasteiger partial charge < -0.3 is 24.8 Å². The van der Waals surface area contributed by atoms with Crippen molar-refractivity contribution in [2.75, 3.05) is 34.6 Å². The second kappa shape index (κ2) is 10.0. The first-order valence-corrected chi connectivity index (χ1v) is 10.7. The van der Waals surface area contributed by atoms with Crippen molar-refractivity contribution in [2.45, 2.75) is 18.0 Å². The molecule has 2 aromatic rings. The fraction of sp³-hybridized carbons (Fsp3) is 0.350. The van der Waals surface area contributed by atoms with Crippen molar-refractivity contribution in [3.05, 3.63) is 47.5 Å². The van der Waals surface area contributed by atoms with E-state index in [0.717, 1.165) is 11.1 Å². The number of benzene rings is 2. The molecular weight excluding hydrogens is 394 g/mol. The Hall–Kier alpha value is -2.94. The van der Waals surface area contributed by atoms with Crippen LogP contribution in [0.4, 0.5) is 0 Å². The predicted octanol–water partition coefficient (Wildman–Crippen LogP) is 1.98. The van der Waals surface area contributed by atoms with E-state index >= 15 is 0 Å². The average molecular weight is 422 g/mol. The molecule has 0 saturated heterocycles. The molecule has 2 aromatic carbocycles. The fourth-order valence-electron chi connectivity index (χ4n) is 2.68. The number of sulfone groups is 1. The van der Waals surface area contributed by atoms with Gasteiger partial charge in [0.15, 0.2) is 27.3 Å². The summed E-state index contributed by atoms with van der Waals surface area (Å²) < 4.78 is 39.1. The monoisotopic (exact) mass is 421 g/mol. The van der Waals surface area contributed by atoms with Crippen LogP contribution >= 0.6 is 0 Å². The van der Waals surface area contributed by atoms with E-state index < -0.39 is 9.84 Å². The summed E-state index contributed by atoms with van der Waals surface area (Å²) in [5.74, 6) is 2.31. The number of ether oxygens (including phenoxy) is 3. The van der Waals surface area contributed by atoms with Crippen LogP contribution in [-0.2, 0) is 22.9 Å². The van der Waals surface area contributed by atoms with Crippen molar-refractivity contribution in [1.82, 2.24) is 10.6 Å². The van der Waals surface area contributed by atoms with Crippen LogP contribution in [0, 0.1) is 0 Å². The number of aliphatic imine (C=N–C) groups is 1. The first-order chi connectivity index (χ1) is 13.8. The van der Waals surface area contributed by atoms with E-state index in [9.17, 15) is 8.42 Å². The summed E-state index contributed by atoms with van der Waals surface area (Å²) >= 11 is 0. The maximum absolute atomic E-state index is 11.5. The molecule has 0 aliphatic heterocycles. The molecule has 0 unspecified atom stereocenters. The van der Waals surface area contributed by atoms with Crippen molar-refractivity contribution in [3.8, 4) is 17.2 Å². The van der Waals surface area contributed by atoms with E-state index in [2.05, 4.69) is 15.6 Å². The first kappa shape index (κ1) is 22.4. The normalized spacial score (nSPS) is 11.7. The van der Waals surface area contributed by atoms with Gasteiger partial charge in [-0.2, -0.15) is 0 Å².